The van der Waals surface area contributed by atoms with Crippen LogP contribution in [0, 0.1) is 0 Å². The van der Waals surface area contributed by atoms with Crippen LogP contribution in [0.4, 0.5) is 22.0 Å². The zero-order valence-electron chi connectivity index (χ0n) is 9.05. The van der Waals surface area contributed by atoms with E-state index in [9.17, 15) is 22.0 Å². The maximum absolute atomic E-state index is 12.5. The van der Waals surface area contributed by atoms with Crippen molar-refractivity contribution in [2.45, 2.75) is 25.8 Å². The van der Waals surface area contributed by atoms with Gasteiger partial charge in [0.25, 0.3) is 6.43 Å². The summed E-state index contributed by atoms with van der Waals surface area (Å²) in [4.78, 5) is 7.02. The molecular formula is C9H10F5N3O. The van der Waals surface area contributed by atoms with Crippen molar-refractivity contribution in [1.29, 1.82) is 0 Å². The molecule has 0 aromatic carbocycles. The highest BCUT2D eigenvalue weighted by Gasteiger charge is 2.27. The predicted octanol–water partition coefficient (Wildman–Crippen LogP) is 1.95. The summed E-state index contributed by atoms with van der Waals surface area (Å²) in [6.45, 7) is -2.26. The number of nitrogens with zero attached hydrogens (tertiary/aromatic N) is 2. The second kappa shape index (κ2) is 6.01. The number of nitrogens with two attached hydrogens (primary N) is 1. The second-order valence-electron chi connectivity index (χ2n) is 3.31. The molecule has 0 spiro atoms. The fraction of sp³-hybridized carbons (Fsp3) is 0.556. The quantitative estimate of drug-likeness (QED) is 0.831. The average Bonchev–Trinajstić information content (AvgIpc) is 2.27. The Morgan fingerprint density at radius 1 is 1.33 bits per heavy atom. The van der Waals surface area contributed by atoms with Crippen LogP contribution in [0.5, 0.6) is 0 Å². The fourth-order valence-electron chi connectivity index (χ4n) is 1.13. The van der Waals surface area contributed by atoms with Crippen LogP contribution in [-0.2, 0) is 17.9 Å². The van der Waals surface area contributed by atoms with Crippen molar-refractivity contribution in [3.8, 4) is 0 Å². The Balaban J connectivity index is 2.70. The molecule has 4 nitrogen and oxygen atoms in total. The summed E-state index contributed by atoms with van der Waals surface area (Å²) in [7, 11) is 0. The largest absolute Gasteiger partial charge is 0.411 e. The zero-order chi connectivity index (χ0) is 13.8. The Morgan fingerprint density at radius 3 is 2.50 bits per heavy atom. The third-order valence-electron chi connectivity index (χ3n) is 1.87. The fourth-order valence-corrected chi connectivity index (χ4v) is 1.13. The van der Waals surface area contributed by atoms with E-state index in [0.717, 1.165) is 6.20 Å². The molecule has 0 aliphatic rings. The van der Waals surface area contributed by atoms with Gasteiger partial charge in [0.1, 0.15) is 18.9 Å². The molecule has 102 valence electrons. The molecule has 1 heterocycles. The summed E-state index contributed by atoms with van der Waals surface area (Å²) in [5.41, 5.74) is 4.66. The first-order valence-corrected chi connectivity index (χ1v) is 4.81. The van der Waals surface area contributed by atoms with Gasteiger partial charge in [0, 0.05) is 18.3 Å². The van der Waals surface area contributed by atoms with Crippen molar-refractivity contribution >= 4 is 0 Å². The van der Waals surface area contributed by atoms with Crippen molar-refractivity contribution < 1.29 is 26.7 Å². The Labute approximate surface area is 99.0 Å². The minimum absolute atomic E-state index is 0.0459. The van der Waals surface area contributed by atoms with E-state index in [1.54, 1.807) is 0 Å². The Kier molecular flexibility index (Phi) is 4.91. The standard InChI is InChI=1S/C9H10F5N3O/c10-8(11)7-5(1-15)2-16-6(17-7)3-18-4-9(12,13)14/h2,8H,1,3-4,15H2. The molecule has 0 atom stereocenters. The molecule has 2 N–H and O–H groups in total. The van der Waals surface area contributed by atoms with Crippen LogP contribution in [0.25, 0.3) is 0 Å². The van der Waals surface area contributed by atoms with E-state index in [1.165, 1.54) is 0 Å². The van der Waals surface area contributed by atoms with Gasteiger partial charge in [-0.15, -0.1) is 0 Å². The topological polar surface area (TPSA) is 61.0 Å². The summed E-state index contributed by atoms with van der Waals surface area (Å²) in [5.74, 6) is -0.244. The molecular weight excluding hydrogens is 261 g/mol. The van der Waals surface area contributed by atoms with E-state index in [0.29, 0.717) is 0 Å². The van der Waals surface area contributed by atoms with Gasteiger partial charge in [-0.25, -0.2) is 18.7 Å². The molecule has 0 unspecified atom stereocenters. The Hall–Kier alpha value is -1.35. The van der Waals surface area contributed by atoms with Gasteiger partial charge < -0.3 is 10.5 Å². The number of halogens is 5. The summed E-state index contributed by atoms with van der Waals surface area (Å²) in [6, 6.07) is 0. The van der Waals surface area contributed by atoms with Crippen LogP contribution in [0.15, 0.2) is 6.20 Å². The van der Waals surface area contributed by atoms with Crippen LogP contribution in [0.2, 0.25) is 0 Å². The summed E-state index contributed by atoms with van der Waals surface area (Å²) >= 11 is 0. The van der Waals surface area contributed by atoms with Crippen LogP contribution >= 0.6 is 0 Å². The molecule has 0 fully saturated rings. The lowest BCUT2D eigenvalue weighted by atomic mass is 10.2. The highest BCUT2D eigenvalue weighted by atomic mass is 19.4. The molecule has 0 saturated carbocycles. The van der Waals surface area contributed by atoms with Crippen molar-refractivity contribution in [3.05, 3.63) is 23.3 Å². The van der Waals surface area contributed by atoms with Crippen LogP contribution in [-0.4, -0.2) is 22.8 Å². The van der Waals surface area contributed by atoms with Gasteiger partial charge in [0.2, 0.25) is 0 Å². The molecule has 0 bridgehead atoms. The smallest absolute Gasteiger partial charge is 0.364 e. The minimum Gasteiger partial charge on any atom is -0.364 e. The number of hydrogen-bond acceptors (Lipinski definition) is 4. The van der Waals surface area contributed by atoms with Crippen LogP contribution < -0.4 is 5.73 Å². The summed E-state index contributed by atoms with van der Waals surface area (Å²) in [5, 5.41) is 0. The molecule has 0 saturated heterocycles. The van der Waals surface area contributed by atoms with E-state index in [-0.39, 0.29) is 17.9 Å². The molecule has 1 rings (SSSR count). The third-order valence-corrected chi connectivity index (χ3v) is 1.87. The van der Waals surface area contributed by atoms with Gasteiger partial charge in [-0.05, 0) is 0 Å². The Morgan fingerprint density at radius 2 is 2.00 bits per heavy atom. The lowest BCUT2D eigenvalue weighted by Crippen LogP contribution is -2.17. The van der Waals surface area contributed by atoms with Gasteiger partial charge in [0.15, 0.2) is 5.82 Å². The molecule has 0 aliphatic carbocycles. The lowest BCUT2D eigenvalue weighted by molar-refractivity contribution is -0.177. The molecule has 0 amide bonds. The SMILES string of the molecule is NCc1cnc(COCC(F)(F)F)nc1C(F)F. The monoisotopic (exact) mass is 271 g/mol. The first-order chi connectivity index (χ1) is 8.33. The van der Waals surface area contributed by atoms with E-state index in [1.807, 2.05) is 0 Å². The van der Waals surface area contributed by atoms with Gasteiger partial charge in [-0.3, -0.25) is 0 Å². The molecule has 1 aromatic heterocycles. The van der Waals surface area contributed by atoms with Crippen LogP contribution in [0.3, 0.4) is 0 Å². The maximum atomic E-state index is 12.5. The maximum Gasteiger partial charge on any atom is 0.411 e. The van der Waals surface area contributed by atoms with Gasteiger partial charge in [-0.1, -0.05) is 0 Å². The number of aromatic nitrogens is 2. The average molecular weight is 271 g/mol. The normalized spacial score (nSPS) is 12.2. The second-order valence-corrected chi connectivity index (χ2v) is 3.31. The van der Waals surface area contributed by atoms with E-state index in [4.69, 9.17) is 5.73 Å². The predicted molar refractivity (Wildman–Crippen MR) is 50.6 cm³/mol. The van der Waals surface area contributed by atoms with Crippen molar-refractivity contribution in [1.82, 2.24) is 9.97 Å². The van der Waals surface area contributed by atoms with Gasteiger partial charge in [0.05, 0.1) is 0 Å². The number of hydrogen-bond donors (Lipinski definition) is 1. The number of rotatable bonds is 5. The van der Waals surface area contributed by atoms with Gasteiger partial charge >= 0.3 is 6.18 Å². The molecule has 0 aliphatic heterocycles. The van der Waals surface area contributed by atoms with Crippen LogP contribution in [0.1, 0.15) is 23.5 Å². The van der Waals surface area contributed by atoms with E-state index >= 15 is 0 Å². The molecule has 1 aromatic rings. The first kappa shape index (κ1) is 14.7. The molecule has 9 heteroatoms. The third kappa shape index (κ3) is 4.49. The van der Waals surface area contributed by atoms with Crippen molar-refractivity contribution in [2.24, 2.45) is 5.73 Å². The highest BCUT2D eigenvalue weighted by molar-refractivity contribution is 5.18. The van der Waals surface area contributed by atoms with Crippen molar-refractivity contribution in [3.63, 3.8) is 0 Å². The minimum atomic E-state index is -4.48. The van der Waals surface area contributed by atoms with E-state index in [2.05, 4.69) is 14.7 Å². The zero-order valence-corrected chi connectivity index (χ0v) is 9.05. The Bertz CT molecular complexity index is 396. The number of ether oxygens (including phenoxy) is 1. The molecule has 0 radical (unpaired) electrons. The first-order valence-electron chi connectivity index (χ1n) is 4.81. The summed E-state index contributed by atoms with van der Waals surface area (Å²) in [6.07, 6.45) is -6.29. The number of alkyl halides is 5. The summed E-state index contributed by atoms with van der Waals surface area (Å²) < 4.78 is 64.7. The lowest BCUT2D eigenvalue weighted by Gasteiger charge is -2.09. The van der Waals surface area contributed by atoms with Crippen molar-refractivity contribution in [2.75, 3.05) is 6.61 Å². The van der Waals surface area contributed by atoms with E-state index < -0.39 is 31.5 Å². The van der Waals surface area contributed by atoms with Gasteiger partial charge in [-0.2, -0.15) is 13.2 Å². The molecule has 18 heavy (non-hydrogen) atoms. The highest BCUT2D eigenvalue weighted by Crippen LogP contribution is 2.20.